The lowest BCUT2D eigenvalue weighted by Gasteiger charge is -2.28. The number of nitro benzene ring substituents is 3. The molecule has 1 saturated heterocycles. The number of halogens is 3. The van der Waals surface area contributed by atoms with Crippen LogP contribution in [0, 0.1) is 30.3 Å². The third-order valence-corrected chi connectivity index (χ3v) is 7.17. The number of rotatable bonds is 8. The minimum Gasteiger partial charge on any atom is -0.495 e. The zero-order valence-corrected chi connectivity index (χ0v) is 28.1. The van der Waals surface area contributed by atoms with Crippen molar-refractivity contribution in [1.82, 2.24) is 0 Å². The number of hydrogen-bond donors (Lipinski definition) is 0. The molecule has 0 atom stereocenters. The lowest BCUT2D eigenvalue weighted by molar-refractivity contribution is -0.384. The molecule has 0 aromatic heterocycles. The van der Waals surface area contributed by atoms with Crippen molar-refractivity contribution in [1.29, 1.82) is 0 Å². The highest BCUT2D eigenvalue weighted by Crippen LogP contribution is 2.38. The molecule has 1 aliphatic heterocycles. The van der Waals surface area contributed by atoms with E-state index in [1.54, 1.807) is 62.3 Å². The molecule has 18 heteroatoms. The van der Waals surface area contributed by atoms with Crippen LogP contribution in [0.15, 0.2) is 42.5 Å². The highest BCUT2D eigenvalue weighted by atomic mass is 35.5. The second-order valence-corrected chi connectivity index (χ2v) is 11.0. The van der Waals surface area contributed by atoms with E-state index in [-0.39, 0.29) is 27.1 Å². The highest BCUT2D eigenvalue weighted by molar-refractivity contribution is 6.33. The lowest BCUT2D eigenvalue weighted by Crippen LogP contribution is -2.36. The van der Waals surface area contributed by atoms with E-state index in [1.807, 2.05) is 4.90 Å². The SMILES string of the molecule is CN(C)c1ccc(Cl)cc1[N+](=O)[O-].COc1cc(N(C)C)c([N+](=O)[O-])cc1Cl.COc1cc(N2CCOCC2)c([N+](=O)[O-])cc1Cl. The van der Waals surface area contributed by atoms with Crippen LogP contribution in [0.5, 0.6) is 11.5 Å². The van der Waals surface area contributed by atoms with Crippen LogP contribution in [0.25, 0.3) is 0 Å². The molecule has 0 N–H and O–H groups in total. The van der Waals surface area contributed by atoms with Crippen LogP contribution < -0.4 is 24.2 Å². The van der Waals surface area contributed by atoms with Gasteiger partial charge in [0.15, 0.2) is 0 Å². The third-order valence-electron chi connectivity index (χ3n) is 6.34. The molecule has 0 aliphatic carbocycles. The molecule has 3 aromatic rings. The van der Waals surface area contributed by atoms with Crippen LogP contribution in [0.1, 0.15) is 0 Å². The highest BCUT2D eigenvalue weighted by Gasteiger charge is 2.24. The number of anilines is 3. The van der Waals surface area contributed by atoms with Crippen LogP contribution in [-0.2, 0) is 4.74 Å². The Hall–Kier alpha value is -4.31. The summed E-state index contributed by atoms with van der Waals surface area (Å²) >= 11 is 17.4. The summed E-state index contributed by atoms with van der Waals surface area (Å²) in [7, 11) is 9.88. The first kappa shape index (κ1) is 37.9. The summed E-state index contributed by atoms with van der Waals surface area (Å²) in [5.74, 6) is 0.856. The van der Waals surface area contributed by atoms with Crippen molar-refractivity contribution in [2.45, 2.75) is 0 Å². The maximum atomic E-state index is 11.1. The molecule has 250 valence electrons. The molecule has 1 heterocycles. The average Bonchev–Trinajstić information content (AvgIpc) is 3.01. The van der Waals surface area contributed by atoms with Crippen LogP contribution in [0.2, 0.25) is 15.1 Å². The number of nitro groups is 3. The molecular formula is C28H33Cl3N6O9. The van der Waals surface area contributed by atoms with E-state index in [4.69, 9.17) is 49.0 Å². The van der Waals surface area contributed by atoms with Gasteiger partial charge in [0.1, 0.15) is 28.6 Å². The minimum absolute atomic E-state index is 0.0114. The Kier molecular flexibility index (Phi) is 14.3. The van der Waals surface area contributed by atoms with Crippen molar-refractivity contribution in [3.8, 4) is 11.5 Å². The lowest BCUT2D eigenvalue weighted by atomic mass is 10.2. The van der Waals surface area contributed by atoms with E-state index in [9.17, 15) is 30.3 Å². The molecule has 0 unspecified atom stereocenters. The Bertz CT molecular complexity index is 1550. The van der Waals surface area contributed by atoms with E-state index in [0.717, 1.165) is 0 Å². The van der Waals surface area contributed by atoms with Gasteiger partial charge in [-0.1, -0.05) is 34.8 Å². The van der Waals surface area contributed by atoms with Crippen LogP contribution >= 0.6 is 34.8 Å². The second-order valence-electron chi connectivity index (χ2n) is 9.74. The Morgan fingerprint density at radius 1 is 0.696 bits per heavy atom. The first-order valence-corrected chi connectivity index (χ1v) is 14.4. The third kappa shape index (κ3) is 10.1. The normalized spacial score (nSPS) is 12.1. The summed E-state index contributed by atoms with van der Waals surface area (Å²) in [5, 5.41) is 33.3. The Labute approximate surface area is 280 Å². The van der Waals surface area contributed by atoms with Crippen molar-refractivity contribution in [3.63, 3.8) is 0 Å². The van der Waals surface area contributed by atoms with Gasteiger partial charge in [0, 0.05) is 76.6 Å². The first-order chi connectivity index (χ1) is 21.6. The standard InChI is InChI=1S/C11H13ClN2O4.C9H11ClN2O3.C8H9ClN2O2/c1-17-11-7-9(13-2-4-18-5-3-13)10(14(15)16)6-8(11)12;1-11(2)7-5-9(15-3)6(10)4-8(7)12(13)14;1-10(2)7-4-3-6(9)5-8(7)11(12)13/h6-7H,2-5H2,1H3;4-5H,1-3H3;3-5H,1-2H3. The smallest absolute Gasteiger partial charge is 0.294 e. The van der Waals surface area contributed by atoms with E-state index < -0.39 is 14.8 Å². The molecule has 3 aromatic carbocycles. The molecule has 1 aliphatic rings. The van der Waals surface area contributed by atoms with E-state index in [0.29, 0.717) is 59.9 Å². The summed E-state index contributed by atoms with van der Waals surface area (Å²) in [6.07, 6.45) is 0. The van der Waals surface area contributed by atoms with Gasteiger partial charge in [-0.15, -0.1) is 0 Å². The quantitative estimate of drug-likeness (QED) is 0.180. The predicted molar refractivity (Wildman–Crippen MR) is 179 cm³/mol. The number of methoxy groups -OCH3 is 2. The molecule has 0 spiro atoms. The van der Waals surface area contributed by atoms with Gasteiger partial charge in [-0.2, -0.15) is 0 Å². The zero-order valence-electron chi connectivity index (χ0n) is 25.9. The molecule has 46 heavy (non-hydrogen) atoms. The van der Waals surface area contributed by atoms with Crippen molar-refractivity contribution in [3.05, 3.63) is 87.9 Å². The zero-order chi connectivity index (χ0) is 34.7. The van der Waals surface area contributed by atoms with Crippen LogP contribution in [-0.4, -0.2) is 83.5 Å². The largest absolute Gasteiger partial charge is 0.495 e. The van der Waals surface area contributed by atoms with Gasteiger partial charge in [0.2, 0.25) is 0 Å². The van der Waals surface area contributed by atoms with Crippen LogP contribution in [0.4, 0.5) is 34.1 Å². The summed E-state index contributed by atoms with van der Waals surface area (Å²) in [6.45, 7) is 2.35. The Balaban J connectivity index is 0.000000244. The van der Waals surface area contributed by atoms with Gasteiger partial charge in [0.25, 0.3) is 17.1 Å². The molecule has 0 radical (unpaired) electrons. The Morgan fingerprint density at radius 2 is 1.15 bits per heavy atom. The van der Waals surface area contributed by atoms with Gasteiger partial charge >= 0.3 is 0 Å². The molecular weight excluding hydrogens is 671 g/mol. The fourth-order valence-electron chi connectivity index (χ4n) is 4.11. The first-order valence-electron chi connectivity index (χ1n) is 13.3. The number of hydrogen-bond acceptors (Lipinski definition) is 12. The second kappa shape index (κ2) is 17.4. The number of benzene rings is 3. The summed E-state index contributed by atoms with van der Waals surface area (Å²) in [4.78, 5) is 36.3. The number of ether oxygens (including phenoxy) is 3. The van der Waals surface area contributed by atoms with Crippen LogP contribution in [0.3, 0.4) is 0 Å². The average molecular weight is 704 g/mol. The monoisotopic (exact) mass is 702 g/mol. The fourth-order valence-corrected chi connectivity index (χ4v) is 4.74. The maximum Gasteiger partial charge on any atom is 0.294 e. The van der Waals surface area contributed by atoms with Gasteiger partial charge < -0.3 is 28.9 Å². The van der Waals surface area contributed by atoms with E-state index >= 15 is 0 Å². The topological polar surface area (TPSA) is 167 Å². The van der Waals surface area contributed by atoms with Gasteiger partial charge in [-0.3, -0.25) is 30.3 Å². The van der Waals surface area contributed by atoms with Gasteiger partial charge in [-0.25, -0.2) is 0 Å². The summed E-state index contributed by atoms with van der Waals surface area (Å²) in [6, 6.07) is 10.4. The van der Waals surface area contributed by atoms with Crippen molar-refractivity contribution < 1.29 is 29.0 Å². The molecule has 15 nitrogen and oxygen atoms in total. The van der Waals surface area contributed by atoms with Gasteiger partial charge in [-0.05, 0) is 12.1 Å². The van der Waals surface area contributed by atoms with Crippen molar-refractivity contribution >= 4 is 68.9 Å². The van der Waals surface area contributed by atoms with E-state index in [2.05, 4.69) is 0 Å². The maximum absolute atomic E-state index is 11.1. The predicted octanol–water partition coefficient (Wildman–Crippen LogP) is 6.73. The number of nitrogens with zero attached hydrogens (tertiary/aromatic N) is 6. The van der Waals surface area contributed by atoms with Crippen molar-refractivity contribution in [2.24, 2.45) is 0 Å². The minimum atomic E-state index is -0.472. The van der Waals surface area contributed by atoms with Gasteiger partial charge in [0.05, 0.1) is 52.2 Å². The molecule has 4 rings (SSSR count). The fraction of sp³-hybridized carbons (Fsp3) is 0.357. The van der Waals surface area contributed by atoms with Crippen molar-refractivity contribution in [2.75, 3.05) is 83.4 Å². The Morgan fingerprint density at radius 3 is 1.61 bits per heavy atom. The molecule has 0 saturated carbocycles. The summed E-state index contributed by atoms with van der Waals surface area (Å²) < 4.78 is 15.3. The number of morpholine rings is 1. The molecule has 1 fully saturated rings. The summed E-state index contributed by atoms with van der Waals surface area (Å²) in [5.41, 5.74) is 1.51. The molecule has 0 amide bonds. The van der Waals surface area contributed by atoms with E-state index in [1.165, 1.54) is 32.4 Å². The molecule has 0 bridgehead atoms.